The lowest BCUT2D eigenvalue weighted by molar-refractivity contribution is 0.363. The van der Waals surface area contributed by atoms with Crippen LogP contribution in [-0.2, 0) is 27.1 Å². The number of hydrogen-bond acceptors (Lipinski definition) is 6. The standard InChI is InChI=1S/C23H25N5O5/c1-5-7-16-19(29)27(13-14-8-10-15(11-9-14)33-12-6-2)22-24-18-17(28(22)20(16)30)21(31)26(4)23(32)25(18)3/h6,8-11,30H,2,5,7,12-13H2,1,3-4H3. The molecule has 0 amide bonds. The van der Waals surface area contributed by atoms with Gasteiger partial charge in [0.25, 0.3) is 11.1 Å². The fourth-order valence-corrected chi connectivity index (χ4v) is 3.89. The fraction of sp³-hybridized carbons (Fsp3) is 0.304. The molecular formula is C23H25N5O5. The van der Waals surface area contributed by atoms with Gasteiger partial charge in [-0.25, -0.2) is 9.20 Å². The van der Waals surface area contributed by atoms with E-state index in [0.717, 1.165) is 10.1 Å². The van der Waals surface area contributed by atoms with Crippen LogP contribution < -0.4 is 21.5 Å². The maximum absolute atomic E-state index is 13.3. The summed E-state index contributed by atoms with van der Waals surface area (Å²) in [6.07, 6.45) is 2.59. The van der Waals surface area contributed by atoms with Gasteiger partial charge in [0.2, 0.25) is 11.7 Å². The van der Waals surface area contributed by atoms with Crippen molar-refractivity contribution in [3.05, 3.63) is 79.2 Å². The molecule has 0 saturated carbocycles. The Morgan fingerprint density at radius 1 is 1.09 bits per heavy atom. The number of aromatic hydroxyl groups is 1. The van der Waals surface area contributed by atoms with Gasteiger partial charge in [0.15, 0.2) is 11.2 Å². The molecule has 0 bridgehead atoms. The zero-order valence-corrected chi connectivity index (χ0v) is 18.7. The Kier molecular flexibility index (Phi) is 5.67. The molecule has 0 saturated heterocycles. The Hall–Kier alpha value is -4.08. The van der Waals surface area contributed by atoms with E-state index in [-0.39, 0.29) is 34.9 Å². The third-order valence-corrected chi connectivity index (χ3v) is 5.60. The van der Waals surface area contributed by atoms with E-state index in [2.05, 4.69) is 11.6 Å². The van der Waals surface area contributed by atoms with Gasteiger partial charge >= 0.3 is 5.69 Å². The van der Waals surface area contributed by atoms with Gasteiger partial charge in [-0.2, -0.15) is 4.98 Å². The normalized spacial score (nSPS) is 11.4. The second-order valence-electron chi connectivity index (χ2n) is 7.81. The largest absolute Gasteiger partial charge is 0.494 e. The lowest BCUT2D eigenvalue weighted by atomic mass is 10.1. The number of ether oxygens (including phenoxy) is 1. The summed E-state index contributed by atoms with van der Waals surface area (Å²) in [6, 6.07) is 7.22. The minimum absolute atomic E-state index is 0.0337. The van der Waals surface area contributed by atoms with E-state index in [0.29, 0.717) is 25.2 Å². The molecule has 1 aromatic carbocycles. The SMILES string of the molecule is C=CCOc1ccc(Cn2c(=O)c(CCC)c(O)n3c4c(=O)n(C)c(=O)n(C)c4nc23)cc1. The molecule has 172 valence electrons. The van der Waals surface area contributed by atoms with Gasteiger partial charge in [-0.15, -0.1) is 0 Å². The number of benzene rings is 1. The Balaban J connectivity index is 2.01. The Labute approximate surface area is 188 Å². The van der Waals surface area contributed by atoms with Gasteiger partial charge in [-0.3, -0.25) is 23.3 Å². The minimum Gasteiger partial charge on any atom is -0.494 e. The predicted octanol–water partition coefficient (Wildman–Crippen LogP) is 1.32. The average Bonchev–Trinajstić information content (AvgIpc) is 3.22. The topological polar surface area (TPSA) is 113 Å². The molecule has 0 aliphatic rings. The highest BCUT2D eigenvalue weighted by Gasteiger charge is 2.24. The lowest BCUT2D eigenvalue weighted by Gasteiger charge is -2.13. The Bertz CT molecular complexity index is 1550. The minimum atomic E-state index is -0.604. The number of nitrogens with zero attached hydrogens (tertiary/aromatic N) is 5. The summed E-state index contributed by atoms with van der Waals surface area (Å²) >= 11 is 0. The molecule has 0 atom stereocenters. The number of rotatable bonds is 7. The van der Waals surface area contributed by atoms with Crippen LogP contribution in [0.3, 0.4) is 0 Å². The smallest absolute Gasteiger partial charge is 0.332 e. The van der Waals surface area contributed by atoms with Crippen molar-refractivity contribution in [1.82, 2.24) is 23.1 Å². The number of fused-ring (bicyclic) bond motifs is 3. The maximum Gasteiger partial charge on any atom is 0.332 e. The highest BCUT2D eigenvalue weighted by Crippen LogP contribution is 2.23. The van der Waals surface area contributed by atoms with Crippen molar-refractivity contribution in [1.29, 1.82) is 0 Å². The lowest BCUT2D eigenvalue weighted by Crippen LogP contribution is -2.37. The summed E-state index contributed by atoms with van der Waals surface area (Å²) < 4.78 is 10.4. The predicted molar refractivity (Wildman–Crippen MR) is 124 cm³/mol. The van der Waals surface area contributed by atoms with Crippen LogP contribution in [0, 0.1) is 0 Å². The van der Waals surface area contributed by atoms with Crippen molar-refractivity contribution in [2.75, 3.05) is 6.61 Å². The van der Waals surface area contributed by atoms with Gasteiger partial charge in [-0.1, -0.05) is 38.1 Å². The molecule has 3 heterocycles. The van der Waals surface area contributed by atoms with Gasteiger partial charge in [0.1, 0.15) is 12.4 Å². The van der Waals surface area contributed by atoms with Crippen molar-refractivity contribution in [2.45, 2.75) is 26.3 Å². The molecule has 0 aliphatic heterocycles. The Morgan fingerprint density at radius 2 is 1.79 bits per heavy atom. The number of aromatic nitrogens is 5. The first kappa shape index (κ1) is 22.1. The van der Waals surface area contributed by atoms with E-state index in [9.17, 15) is 19.5 Å². The number of hydrogen-bond donors (Lipinski definition) is 1. The van der Waals surface area contributed by atoms with Crippen molar-refractivity contribution in [2.24, 2.45) is 14.1 Å². The Morgan fingerprint density at radius 3 is 2.42 bits per heavy atom. The van der Waals surface area contributed by atoms with E-state index in [1.54, 1.807) is 18.2 Å². The summed E-state index contributed by atoms with van der Waals surface area (Å²) in [7, 11) is 2.85. The van der Waals surface area contributed by atoms with Crippen LogP contribution >= 0.6 is 0 Å². The zero-order valence-electron chi connectivity index (χ0n) is 18.7. The third-order valence-electron chi connectivity index (χ3n) is 5.60. The quantitative estimate of drug-likeness (QED) is 0.424. The molecule has 0 fully saturated rings. The van der Waals surface area contributed by atoms with Crippen LogP contribution in [0.15, 0.2) is 51.3 Å². The fourth-order valence-electron chi connectivity index (χ4n) is 3.89. The highest BCUT2D eigenvalue weighted by atomic mass is 16.5. The summed E-state index contributed by atoms with van der Waals surface area (Å²) in [6.45, 7) is 6.05. The second-order valence-corrected chi connectivity index (χ2v) is 7.81. The molecular weight excluding hydrogens is 426 g/mol. The zero-order chi connectivity index (χ0) is 23.9. The molecule has 3 aromatic heterocycles. The average molecular weight is 451 g/mol. The summed E-state index contributed by atoms with van der Waals surface area (Å²) in [5.74, 6) is 0.413. The van der Waals surface area contributed by atoms with Crippen molar-refractivity contribution in [3.8, 4) is 11.6 Å². The van der Waals surface area contributed by atoms with Crippen LogP contribution in [0.5, 0.6) is 11.6 Å². The monoisotopic (exact) mass is 451 g/mol. The van der Waals surface area contributed by atoms with E-state index in [4.69, 9.17) is 4.74 Å². The van der Waals surface area contributed by atoms with E-state index < -0.39 is 16.8 Å². The molecule has 0 unspecified atom stereocenters. The summed E-state index contributed by atoms with van der Waals surface area (Å²) in [5.41, 5.74) is -0.441. The molecule has 0 spiro atoms. The van der Waals surface area contributed by atoms with Crippen LogP contribution in [0.25, 0.3) is 16.9 Å². The van der Waals surface area contributed by atoms with Crippen molar-refractivity contribution in [3.63, 3.8) is 0 Å². The molecule has 10 heteroatoms. The molecule has 0 aliphatic carbocycles. The van der Waals surface area contributed by atoms with Gasteiger partial charge < -0.3 is 9.84 Å². The number of imidazole rings is 1. The maximum atomic E-state index is 13.3. The van der Waals surface area contributed by atoms with Gasteiger partial charge in [0, 0.05) is 14.1 Å². The van der Waals surface area contributed by atoms with E-state index in [1.165, 1.54) is 27.6 Å². The van der Waals surface area contributed by atoms with Gasteiger partial charge in [0.05, 0.1) is 12.1 Å². The van der Waals surface area contributed by atoms with Crippen LogP contribution in [0.4, 0.5) is 0 Å². The number of aryl methyl sites for hydroxylation is 1. The summed E-state index contributed by atoms with van der Waals surface area (Å²) in [4.78, 5) is 43.1. The van der Waals surface area contributed by atoms with Crippen LogP contribution in [0.2, 0.25) is 0 Å². The third kappa shape index (κ3) is 3.53. The first-order valence-electron chi connectivity index (χ1n) is 10.6. The first-order chi connectivity index (χ1) is 15.8. The highest BCUT2D eigenvalue weighted by molar-refractivity contribution is 5.76. The van der Waals surface area contributed by atoms with E-state index >= 15 is 0 Å². The second kappa shape index (κ2) is 8.45. The van der Waals surface area contributed by atoms with Crippen molar-refractivity contribution < 1.29 is 9.84 Å². The van der Waals surface area contributed by atoms with Crippen molar-refractivity contribution >= 4 is 16.9 Å². The molecule has 1 N–H and O–H groups in total. The van der Waals surface area contributed by atoms with Crippen LogP contribution in [0.1, 0.15) is 24.5 Å². The summed E-state index contributed by atoms with van der Waals surface area (Å²) in [5, 5.41) is 11.0. The van der Waals surface area contributed by atoms with E-state index in [1.807, 2.05) is 19.1 Å². The molecule has 4 aromatic rings. The van der Waals surface area contributed by atoms with Crippen LogP contribution in [-0.4, -0.2) is 34.8 Å². The molecule has 0 radical (unpaired) electrons. The molecule has 10 nitrogen and oxygen atoms in total. The molecule has 4 rings (SSSR count). The first-order valence-corrected chi connectivity index (χ1v) is 10.6. The molecule has 33 heavy (non-hydrogen) atoms. The van der Waals surface area contributed by atoms with Gasteiger partial charge in [-0.05, 0) is 24.1 Å².